The van der Waals surface area contributed by atoms with Crippen molar-refractivity contribution in [1.82, 2.24) is 0 Å². The van der Waals surface area contributed by atoms with Gasteiger partial charge in [-0.05, 0) is 56.9 Å². The van der Waals surface area contributed by atoms with Crippen LogP contribution in [0.2, 0.25) is 0 Å². The molecule has 0 N–H and O–H groups in total. The minimum absolute atomic E-state index is 0.0379. The summed E-state index contributed by atoms with van der Waals surface area (Å²) in [5, 5.41) is 0. The highest BCUT2D eigenvalue weighted by Crippen LogP contribution is 2.78. The number of carbonyl (C=O) groups excluding carboxylic acids is 1. The average Bonchev–Trinajstić information content (AvgIpc) is 2.67. The lowest BCUT2D eigenvalue weighted by Gasteiger charge is -2.18. The van der Waals surface area contributed by atoms with Crippen LogP contribution >= 0.6 is 23.2 Å². The third-order valence-electron chi connectivity index (χ3n) is 5.40. The number of ketones is 1. The monoisotopic (exact) mass is 298 g/mol. The van der Waals surface area contributed by atoms with Gasteiger partial charge >= 0.3 is 0 Å². The fourth-order valence-electron chi connectivity index (χ4n) is 3.17. The van der Waals surface area contributed by atoms with E-state index >= 15 is 0 Å². The molecule has 1 aliphatic rings. The summed E-state index contributed by atoms with van der Waals surface area (Å²) in [6.07, 6.45) is 0. The highest BCUT2D eigenvalue weighted by molar-refractivity contribution is 6.55. The number of rotatable bonds is 2. The topological polar surface area (TPSA) is 17.1 Å². The summed E-state index contributed by atoms with van der Waals surface area (Å²) in [4.78, 5) is 12.0. The molecule has 2 atom stereocenters. The summed E-state index contributed by atoms with van der Waals surface area (Å²) < 4.78 is -1.04. The number of alkyl halides is 2. The summed E-state index contributed by atoms with van der Waals surface area (Å²) >= 11 is 12.9. The van der Waals surface area contributed by atoms with Crippen molar-refractivity contribution in [2.75, 3.05) is 0 Å². The first kappa shape index (κ1) is 14.9. The zero-order chi connectivity index (χ0) is 14.8. The largest absolute Gasteiger partial charge is 0.299 e. The first-order chi connectivity index (χ1) is 8.51. The molecule has 2 rings (SSSR count). The second-order valence-corrected chi connectivity index (χ2v) is 7.44. The van der Waals surface area contributed by atoms with Crippen LogP contribution < -0.4 is 0 Å². The summed E-state index contributed by atoms with van der Waals surface area (Å²) in [5.41, 5.74) is 3.48. The third-order valence-corrected chi connectivity index (χ3v) is 6.91. The van der Waals surface area contributed by atoms with E-state index in [4.69, 9.17) is 23.2 Å². The maximum Gasteiger partial charge on any atom is 0.141 e. The molecule has 0 aliphatic heterocycles. The van der Waals surface area contributed by atoms with Crippen molar-refractivity contribution in [3.63, 3.8) is 0 Å². The lowest BCUT2D eigenvalue weighted by Crippen LogP contribution is -2.19. The van der Waals surface area contributed by atoms with Crippen LogP contribution in [-0.2, 0) is 10.2 Å². The summed E-state index contributed by atoms with van der Waals surface area (Å²) in [6, 6.07) is 4.21. The van der Waals surface area contributed by atoms with Crippen molar-refractivity contribution < 1.29 is 4.79 Å². The van der Waals surface area contributed by atoms with Gasteiger partial charge in [0, 0.05) is 5.41 Å². The molecule has 1 aromatic carbocycles. The van der Waals surface area contributed by atoms with Crippen molar-refractivity contribution in [2.24, 2.45) is 5.41 Å². The van der Waals surface area contributed by atoms with E-state index in [1.54, 1.807) is 6.92 Å². The second kappa shape index (κ2) is 3.99. The Balaban J connectivity index is 2.64. The van der Waals surface area contributed by atoms with Gasteiger partial charge in [-0.1, -0.05) is 42.3 Å². The highest BCUT2D eigenvalue weighted by atomic mass is 35.5. The van der Waals surface area contributed by atoms with Gasteiger partial charge in [0.05, 0.1) is 5.41 Å². The van der Waals surface area contributed by atoms with Crippen molar-refractivity contribution >= 4 is 29.0 Å². The highest BCUT2D eigenvalue weighted by Gasteiger charge is 2.84. The Morgan fingerprint density at radius 1 is 1.05 bits per heavy atom. The van der Waals surface area contributed by atoms with Crippen LogP contribution in [0.15, 0.2) is 12.1 Å². The van der Waals surface area contributed by atoms with Crippen LogP contribution in [0.5, 0.6) is 0 Å². The lowest BCUT2D eigenvalue weighted by molar-refractivity contribution is -0.122. The summed E-state index contributed by atoms with van der Waals surface area (Å²) in [5.74, 6) is 0.0379. The van der Waals surface area contributed by atoms with Gasteiger partial charge in [-0.25, -0.2) is 0 Å². The Hall–Kier alpha value is -0.530. The van der Waals surface area contributed by atoms with Crippen LogP contribution in [0.1, 0.15) is 43.0 Å². The molecule has 0 radical (unpaired) electrons. The summed E-state index contributed by atoms with van der Waals surface area (Å²) in [6.45, 7) is 11.7. The Morgan fingerprint density at radius 3 is 1.79 bits per heavy atom. The second-order valence-electron chi connectivity index (χ2n) is 6.12. The Kier molecular flexibility index (Phi) is 3.12. The predicted octanol–water partition coefficient (Wildman–Crippen LogP) is 4.65. The number of carbonyl (C=O) groups is 1. The molecular formula is C16H20Cl2O. The van der Waals surface area contributed by atoms with Crippen LogP contribution in [0.3, 0.4) is 0 Å². The number of benzene rings is 1. The molecule has 0 spiro atoms. The van der Waals surface area contributed by atoms with Gasteiger partial charge in [0.2, 0.25) is 0 Å². The van der Waals surface area contributed by atoms with E-state index in [0.717, 1.165) is 5.56 Å². The van der Waals surface area contributed by atoms with E-state index < -0.39 is 15.2 Å². The van der Waals surface area contributed by atoms with E-state index in [0.29, 0.717) is 0 Å². The lowest BCUT2D eigenvalue weighted by atomic mass is 9.84. The van der Waals surface area contributed by atoms with Crippen molar-refractivity contribution in [3.05, 3.63) is 34.4 Å². The van der Waals surface area contributed by atoms with E-state index in [1.165, 1.54) is 16.7 Å². The third kappa shape index (κ3) is 1.52. The van der Waals surface area contributed by atoms with E-state index in [2.05, 4.69) is 32.9 Å². The van der Waals surface area contributed by atoms with Crippen molar-refractivity contribution in [1.29, 1.82) is 0 Å². The van der Waals surface area contributed by atoms with Crippen LogP contribution in [0, 0.1) is 26.2 Å². The zero-order valence-electron chi connectivity index (χ0n) is 12.3. The molecule has 1 aromatic rings. The van der Waals surface area contributed by atoms with Gasteiger partial charge in [0.25, 0.3) is 0 Å². The number of hydrogen-bond donors (Lipinski definition) is 0. The number of halogens is 2. The molecule has 1 saturated carbocycles. The van der Waals surface area contributed by atoms with Crippen LogP contribution in [0.25, 0.3) is 0 Å². The number of Topliss-reactive ketones (excluding diaryl/α,β-unsaturated/α-hetero) is 1. The molecule has 3 heteroatoms. The van der Waals surface area contributed by atoms with Crippen LogP contribution in [-0.4, -0.2) is 10.1 Å². The van der Waals surface area contributed by atoms with Gasteiger partial charge in [-0.2, -0.15) is 0 Å². The van der Waals surface area contributed by atoms with E-state index in [1.807, 2.05) is 13.8 Å². The molecule has 0 bridgehead atoms. The molecule has 1 nitrogen and oxygen atoms in total. The van der Waals surface area contributed by atoms with Gasteiger partial charge in [-0.3, -0.25) is 4.79 Å². The van der Waals surface area contributed by atoms with E-state index in [-0.39, 0.29) is 5.78 Å². The Morgan fingerprint density at radius 2 is 1.47 bits per heavy atom. The molecule has 0 amide bonds. The van der Waals surface area contributed by atoms with Crippen LogP contribution in [0.4, 0.5) is 0 Å². The van der Waals surface area contributed by atoms with Gasteiger partial charge < -0.3 is 0 Å². The smallest absolute Gasteiger partial charge is 0.141 e. The molecule has 19 heavy (non-hydrogen) atoms. The molecule has 2 unspecified atom stereocenters. The average molecular weight is 299 g/mol. The molecule has 0 aromatic heterocycles. The molecule has 104 valence electrons. The zero-order valence-corrected chi connectivity index (χ0v) is 13.8. The minimum Gasteiger partial charge on any atom is -0.299 e. The van der Waals surface area contributed by atoms with E-state index in [9.17, 15) is 4.79 Å². The SMILES string of the molecule is CC(=O)C1(C)C(Cl)(Cl)C1(C)c1cc(C)c(C)c(C)c1. The Bertz CT molecular complexity index is 553. The quantitative estimate of drug-likeness (QED) is 0.726. The predicted molar refractivity (Wildman–Crippen MR) is 81.2 cm³/mol. The van der Waals surface area contributed by atoms with Gasteiger partial charge in [-0.15, -0.1) is 0 Å². The van der Waals surface area contributed by atoms with Crippen molar-refractivity contribution in [2.45, 2.75) is 51.3 Å². The van der Waals surface area contributed by atoms with Gasteiger partial charge in [0.15, 0.2) is 0 Å². The number of hydrogen-bond acceptors (Lipinski definition) is 1. The first-order valence-electron chi connectivity index (χ1n) is 6.49. The maximum absolute atomic E-state index is 12.0. The maximum atomic E-state index is 12.0. The Labute approximate surface area is 125 Å². The number of aryl methyl sites for hydroxylation is 2. The normalized spacial score (nSPS) is 32.2. The molecule has 1 fully saturated rings. The van der Waals surface area contributed by atoms with Gasteiger partial charge in [0.1, 0.15) is 10.1 Å². The van der Waals surface area contributed by atoms with Crippen molar-refractivity contribution in [3.8, 4) is 0 Å². The molecule has 0 saturated heterocycles. The fourth-order valence-corrected chi connectivity index (χ4v) is 4.31. The summed E-state index contributed by atoms with van der Waals surface area (Å²) in [7, 11) is 0. The minimum atomic E-state index is -1.04. The first-order valence-corrected chi connectivity index (χ1v) is 7.24. The fraction of sp³-hybridized carbons (Fsp3) is 0.562. The standard InChI is InChI=1S/C16H20Cl2O/c1-9-7-13(8-10(2)11(9)3)15(6)14(5,12(4)19)16(15,17)18/h7-8H,1-6H3. The molecule has 1 aliphatic carbocycles. The molecular weight excluding hydrogens is 279 g/mol. The molecule has 0 heterocycles.